The third kappa shape index (κ3) is 4.93. The molecule has 0 aliphatic heterocycles. The predicted octanol–water partition coefficient (Wildman–Crippen LogP) is 4.76. The molecule has 2 heterocycles. The standard InChI is InChI=1S/C18H19ClN4O4S/c1-9(2)25-11-4-6-12(7-5-11)26-18-22-16(19)15(28-18)13-8-14(27-23-13)10(3)21-17(20)24/h4-10H,1-3H3,(H3,20,21,24). The topological polar surface area (TPSA) is 112 Å². The van der Waals surface area contributed by atoms with Crippen molar-refractivity contribution in [3.8, 4) is 27.3 Å². The summed E-state index contributed by atoms with van der Waals surface area (Å²) in [4.78, 5) is 15.8. The van der Waals surface area contributed by atoms with Crippen LogP contribution in [0.15, 0.2) is 34.9 Å². The molecule has 0 bridgehead atoms. The van der Waals surface area contributed by atoms with Gasteiger partial charge in [-0.3, -0.25) is 0 Å². The monoisotopic (exact) mass is 422 g/mol. The van der Waals surface area contributed by atoms with Crippen LogP contribution in [0.5, 0.6) is 16.7 Å². The van der Waals surface area contributed by atoms with Gasteiger partial charge in [0.1, 0.15) is 17.2 Å². The maximum absolute atomic E-state index is 11.0. The number of rotatable bonds is 7. The van der Waals surface area contributed by atoms with Crippen molar-refractivity contribution in [1.82, 2.24) is 15.5 Å². The summed E-state index contributed by atoms with van der Waals surface area (Å²) in [5.41, 5.74) is 5.61. The number of amides is 2. The molecule has 28 heavy (non-hydrogen) atoms. The number of hydrogen-bond donors (Lipinski definition) is 2. The van der Waals surface area contributed by atoms with Crippen LogP contribution in [-0.4, -0.2) is 22.3 Å². The number of aromatic nitrogens is 2. The van der Waals surface area contributed by atoms with Crippen LogP contribution in [0.2, 0.25) is 5.15 Å². The molecule has 0 aliphatic carbocycles. The third-order valence-corrected chi connectivity index (χ3v) is 4.85. The molecule has 2 aromatic heterocycles. The molecule has 3 rings (SSSR count). The Kier molecular flexibility index (Phi) is 6.05. The number of ether oxygens (including phenoxy) is 2. The summed E-state index contributed by atoms with van der Waals surface area (Å²) in [6, 6.07) is 7.82. The number of carbonyl (C=O) groups is 1. The third-order valence-electron chi connectivity index (χ3n) is 3.51. The highest BCUT2D eigenvalue weighted by Gasteiger charge is 2.19. The number of carbonyl (C=O) groups excluding carboxylic acids is 1. The maximum Gasteiger partial charge on any atom is 0.312 e. The Hall–Kier alpha value is -2.78. The zero-order valence-electron chi connectivity index (χ0n) is 15.4. The SMILES string of the molecule is CC(C)Oc1ccc(Oc2nc(Cl)c(-c3cc(C(C)NC(N)=O)on3)s2)cc1. The van der Waals surface area contributed by atoms with Crippen LogP contribution >= 0.6 is 22.9 Å². The Bertz CT molecular complexity index is 955. The molecule has 10 heteroatoms. The molecule has 2 amide bonds. The molecule has 0 saturated carbocycles. The van der Waals surface area contributed by atoms with E-state index in [4.69, 9.17) is 31.3 Å². The van der Waals surface area contributed by atoms with Crippen molar-refractivity contribution in [2.45, 2.75) is 32.9 Å². The predicted molar refractivity (Wildman–Crippen MR) is 106 cm³/mol. The lowest BCUT2D eigenvalue weighted by Crippen LogP contribution is -2.31. The largest absolute Gasteiger partial charge is 0.491 e. The highest BCUT2D eigenvalue weighted by molar-refractivity contribution is 7.17. The second-order valence-electron chi connectivity index (χ2n) is 6.18. The lowest BCUT2D eigenvalue weighted by atomic mass is 10.2. The first kappa shape index (κ1) is 20.0. The quantitative estimate of drug-likeness (QED) is 0.567. The molecule has 0 spiro atoms. The molecular formula is C18H19ClN4O4S. The fourth-order valence-corrected chi connectivity index (χ4v) is 3.45. The summed E-state index contributed by atoms with van der Waals surface area (Å²) < 4.78 is 16.6. The Morgan fingerprint density at radius 1 is 1.25 bits per heavy atom. The average Bonchev–Trinajstić information content (AvgIpc) is 3.22. The molecule has 1 atom stereocenters. The first-order chi connectivity index (χ1) is 13.3. The molecule has 1 aromatic carbocycles. The van der Waals surface area contributed by atoms with Gasteiger partial charge in [0.2, 0.25) is 0 Å². The summed E-state index contributed by atoms with van der Waals surface area (Å²) >= 11 is 7.46. The van der Waals surface area contributed by atoms with Crippen molar-refractivity contribution in [2.75, 3.05) is 0 Å². The number of nitrogens with zero attached hydrogens (tertiary/aromatic N) is 2. The van der Waals surface area contributed by atoms with Crippen LogP contribution in [0.1, 0.15) is 32.6 Å². The molecule has 148 valence electrons. The molecule has 3 N–H and O–H groups in total. The van der Waals surface area contributed by atoms with Gasteiger partial charge in [-0.25, -0.2) is 4.79 Å². The second-order valence-corrected chi connectivity index (χ2v) is 7.50. The van der Waals surface area contributed by atoms with Crippen molar-refractivity contribution in [3.63, 3.8) is 0 Å². The van der Waals surface area contributed by atoms with Gasteiger partial charge in [-0.05, 0) is 45.0 Å². The van der Waals surface area contributed by atoms with Crippen LogP contribution in [0, 0.1) is 0 Å². The van der Waals surface area contributed by atoms with Gasteiger partial charge in [0.05, 0.1) is 17.0 Å². The smallest absolute Gasteiger partial charge is 0.312 e. The highest BCUT2D eigenvalue weighted by Crippen LogP contribution is 2.39. The Balaban J connectivity index is 1.73. The van der Waals surface area contributed by atoms with E-state index in [1.807, 2.05) is 26.0 Å². The minimum Gasteiger partial charge on any atom is -0.491 e. The molecule has 8 nitrogen and oxygen atoms in total. The molecule has 0 saturated heterocycles. The minimum absolute atomic E-state index is 0.0975. The van der Waals surface area contributed by atoms with Gasteiger partial charge in [-0.2, -0.15) is 4.98 Å². The summed E-state index contributed by atoms with van der Waals surface area (Å²) in [5.74, 6) is 1.81. The molecule has 0 fully saturated rings. The molecule has 3 aromatic rings. The van der Waals surface area contributed by atoms with Crippen LogP contribution in [0.25, 0.3) is 10.6 Å². The van der Waals surface area contributed by atoms with Gasteiger partial charge in [-0.1, -0.05) is 28.1 Å². The van der Waals surface area contributed by atoms with E-state index >= 15 is 0 Å². The number of urea groups is 1. The van der Waals surface area contributed by atoms with Crippen LogP contribution < -0.4 is 20.5 Å². The zero-order valence-corrected chi connectivity index (χ0v) is 17.0. The van der Waals surface area contributed by atoms with E-state index in [1.165, 1.54) is 11.3 Å². The first-order valence-corrected chi connectivity index (χ1v) is 9.65. The maximum atomic E-state index is 11.0. The number of benzene rings is 1. The second kappa shape index (κ2) is 8.49. The van der Waals surface area contributed by atoms with E-state index in [1.54, 1.807) is 25.1 Å². The number of halogens is 1. The summed E-state index contributed by atoms with van der Waals surface area (Å²) in [6.07, 6.45) is 0.0975. The van der Waals surface area contributed by atoms with Gasteiger partial charge in [0.15, 0.2) is 10.9 Å². The number of nitrogens with two attached hydrogens (primary N) is 1. The fraction of sp³-hybridized carbons (Fsp3) is 0.278. The summed E-state index contributed by atoms with van der Waals surface area (Å²) in [7, 11) is 0. The van der Waals surface area contributed by atoms with Crippen LogP contribution in [-0.2, 0) is 0 Å². The Morgan fingerprint density at radius 3 is 2.57 bits per heavy atom. The highest BCUT2D eigenvalue weighted by atomic mass is 35.5. The van der Waals surface area contributed by atoms with Gasteiger partial charge in [0.25, 0.3) is 5.19 Å². The van der Waals surface area contributed by atoms with E-state index < -0.39 is 12.1 Å². The molecular weight excluding hydrogens is 404 g/mol. The molecule has 0 radical (unpaired) electrons. The van der Waals surface area contributed by atoms with E-state index in [2.05, 4.69) is 15.5 Å². The fourth-order valence-electron chi connectivity index (χ4n) is 2.33. The number of primary amides is 1. The number of thiazole rings is 1. The lowest BCUT2D eigenvalue weighted by Gasteiger charge is -2.09. The van der Waals surface area contributed by atoms with Crippen molar-refractivity contribution in [1.29, 1.82) is 0 Å². The Morgan fingerprint density at radius 2 is 1.93 bits per heavy atom. The van der Waals surface area contributed by atoms with Crippen LogP contribution in [0.4, 0.5) is 4.79 Å². The number of nitrogens with one attached hydrogen (secondary N) is 1. The van der Waals surface area contributed by atoms with Gasteiger partial charge < -0.3 is 25.0 Å². The lowest BCUT2D eigenvalue weighted by molar-refractivity contribution is 0.242. The molecule has 1 unspecified atom stereocenters. The van der Waals surface area contributed by atoms with Crippen molar-refractivity contribution in [2.24, 2.45) is 5.73 Å². The molecule has 0 aliphatic rings. The minimum atomic E-state index is -0.651. The van der Waals surface area contributed by atoms with E-state index in [0.717, 1.165) is 5.75 Å². The van der Waals surface area contributed by atoms with E-state index in [0.29, 0.717) is 27.3 Å². The van der Waals surface area contributed by atoms with Gasteiger partial charge >= 0.3 is 6.03 Å². The summed E-state index contributed by atoms with van der Waals surface area (Å²) in [6.45, 7) is 5.65. The summed E-state index contributed by atoms with van der Waals surface area (Å²) in [5, 5.41) is 7.11. The average molecular weight is 423 g/mol. The van der Waals surface area contributed by atoms with Gasteiger partial charge in [0, 0.05) is 6.07 Å². The zero-order chi connectivity index (χ0) is 20.3. The van der Waals surface area contributed by atoms with Crippen molar-refractivity contribution >= 4 is 29.0 Å². The van der Waals surface area contributed by atoms with E-state index in [9.17, 15) is 4.79 Å². The Labute approximate surface area is 170 Å². The number of hydrogen-bond acceptors (Lipinski definition) is 7. The van der Waals surface area contributed by atoms with Crippen LogP contribution in [0.3, 0.4) is 0 Å². The van der Waals surface area contributed by atoms with Crippen molar-refractivity contribution < 1.29 is 18.8 Å². The first-order valence-electron chi connectivity index (χ1n) is 8.45. The van der Waals surface area contributed by atoms with Crippen molar-refractivity contribution in [3.05, 3.63) is 41.2 Å². The normalized spacial score (nSPS) is 12.0. The van der Waals surface area contributed by atoms with Gasteiger partial charge in [-0.15, -0.1) is 0 Å². The van der Waals surface area contributed by atoms with E-state index in [-0.39, 0.29) is 11.3 Å².